The molecule has 3 aromatic rings. The number of anilines is 2. The molecule has 0 bridgehead atoms. The van der Waals surface area contributed by atoms with Gasteiger partial charge in [-0.15, -0.1) is 0 Å². The molecule has 0 aromatic heterocycles. The number of para-hydroxylation sites is 1. The normalized spacial score (nSPS) is 15.0. The van der Waals surface area contributed by atoms with Crippen molar-refractivity contribution in [2.45, 2.75) is 14.7 Å². The number of nitrogens with one attached hydrogen (secondary N) is 1. The Labute approximate surface area is 143 Å². The summed E-state index contributed by atoms with van der Waals surface area (Å²) in [6.07, 6.45) is 0. The van der Waals surface area contributed by atoms with E-state index in [1.807, 2.05) is 30.3 Å². The van der Waals surface area contributed by atoms with Gasteiger partial charge < -0.3 is 10.1 Å². The second-order valence-corrected chi connectivity index (χ2v) is 7.41. The van der Waals surface area contributed by atoms with Gasteiger partial charge in [0.15, 0.2) is 14.7 Å². The van der Waals surface area contributed by atoms with E-state index >= 15 is 0 Å². The summed E-state index contributed by atoms with van der Waals surface area (Å²) in [5.41, 5.74) is 2.60. The lowest BCUT2D eigenvalue weighted by Gasteiger charge is -2.21. The number of methoxy groups -OCH3 is 1. The molecule has 1 heterocycles. The maximum absolute atomic E-state index is 11.8. The highest BCUT2D eigenvalue weighted by atomic mass is 32.2. The van der Waals surface area contributed by atoms with Gasteiger partial charge in [0.25, 0.3) is 0 Å². The van der Waals surface area contributed by atoms with Gasteiger partial charge in [-0.1, -0.05) is 30.3 Å². The number of rotatable bonds is 2. The first kappa shape index (κ1) is 14.8. The molecule has 0 aliphatic carbocycles. The Kier molecular flexibility index (Phi) is 3.75. The number of carbonyl (C=O) groups excluding carboxylic acids is 1. The molecule has 0 amide bonds. The van der Waals surface area contributed by atoms with Crippen molar-refractivity contribution >= 4 is 28.2 Å². The van der Waals surface area contributed by atoms with Crippen LogP contribution >= 0.6 is 0 Å². The van der Waals surface area contributed by atoms with Gasteiger partial charge in [-0.05, 0) is 42.5 Å². The van der Waals surface area contributed by atoms with Gasteiger partial charge >= 0.3 is 5.97 Å². The fourth-order valence-electron chi connectivity index (χ4n) is 2.87. The molecule has 0 fully saturated rings. The maximum Gasteiger partial charge on any atom is 0.337 e. The van der Waals surface area contributed by atoms with Crippen molar-refractivity contribution in [3.05, 3.63) is 78.4 Å². The van der Waals surface area contributed by atoms with Crippen LogP contribution < -0.4 is 5.32 Å². The number of ether oxygens (including phenoxy) is 1. The van der Waals surface area contributed by atoms with Crippen molar-refractivity contribution in [3.63, 3.8) is 0 Å². The highest BCUT2D eigenvalue weighted by molar-refractivity contribution is 7.97. The summed E-state index contributed by atoms with van der Waals surface area (Å²) in [6, 6.07) is 24.5. The first-order valence-corrected chi connectivity index (χ1v) is 8.88. The van der Waals surface area contributed by atoms with Crippen LogP contribution in [0.3, 0.4) is 0 Å². The van der Waals surface area contributed by atoms with E-state index in [0.717, 1.165) is 11.4 Å². The van der Waals surface area contributed by atoms with E-state index in [1.54, 1.807) is 0 Å². The SMILES string of the molecule is COC(=O)c1ccc2c(c1)Nc1ccccc1[S+]2c1ccccc1. The second-order valence-electron chi connectivity index (χ2n) is 5.44. The van der Waals surface area contributed by atoms with Crippen molar-refractivity contribution < 1.29 is 9.53 Å². The second kappa shape index (κ2) is 6.06. The highest BCUT2D eigenvalue weighted by Crippen LogP contribution is 2.44. The fraction of sp³-hybridized carbons (Fsp3) is 0.0500. The van der Waals surface area contributed by atoms with Crippen LogP contribution in [-0.4, -0.2) is 13.1 Å². The van der Waals surface area contributed by atoms with Gasteiger partial charge in [0.05, 0.1) is 24.0 Å². The van der Waals surface area contributed by atoms with E-state index in [4.69, 9.17) is 4.74 Å². The molecular weight excluding hydrogens is 318 g/mol. The molecule has 0 saturated carbocycles. The van der Waals surface area contributed by atoms with E-state index in [2.05, 4.69) is 47.8 Å². The van der Waals surface area contributed by atoms with Crippen LogP contribution in [0.2, 0.25) is 0 Å². The monoisotopic (exact) mass is 334 g/mol. The summed E-state index contributed by atoms with van der Waals surface area (Å²) >= 11 is 0. The Hall–Kier alpha value is -2.72. The van der Waals surface area contributed by atoms with E-state index in [1.165, 1.54) is 21.8 Å². The molecule has 1 N–H and O–H groups in total. The first-order chi connectivity index (χ1) is 11.8. The number of benzene rings is 3. The molecule has 4 heteroatoms. The summed E-state index contributed by atoms with van der Waals surface area (Å²) in [5, 5.41) is 3.46. The van der Waals surface area contributed by atoms with Crippen molar-refractivity contribution in [1.29, 1.82) is 0 Å². The zero-order valence-corrected chi connectivity index (χ0v) is 14.0. The van der Waals surface area contributed by atoms with Gasteiger partial charge in [-0.2, -0.15) is 0 Å². The van der Waals surface area contributed by atoms with Crippen LogP contribution in [0.5, 0.6) is 0 Å². The minimum Gasteiger partial charge on any atom is -0.465 e. The number of fused-ring (bicyclic) bond motifs is 2. The number of hydrogen-bond donors (Lipinski definition) is 1. The van der Waals surface area contributed by atoms with Crippen LogP contribution in [0, 0.1) is 0 Å². The Morgan fingerprint density at radius 2 is 1.58 bits per heavy atom. The smallest absolute Gasteiger partial charge is 0.337 e. The minimum absolute atomic E-state index is 0.196. The maximum atomic E-state index is 11.8. The molecule has 1 atom stereocenters. The van der Waals surface area contributed by atoms with E-state index in [9.17, 15) is 4.79 Å². The van der Waals surface area contributed by atoms with Crippen LogP contribution in [-0.2, 0) is 15.6 Å². The van der Waals surface area contributed by atoms with Crippen molar-refractivity contribution in [2.75, 3.05) is 12.4 Å². The molecule has 1 unspecified atom stereocenters. The lowest BCUT2D eigenvalue weighted by Crippen LogP contribution is -2.15. The molecule has 118 valence electrons. The van der Waals surface area contributed by atoms with Crippen molar-refractivity contribution in [3.8, 4) is 0 Å². The average molecular weight is 334 g/mol. The summed E-state index contributed by atoms with van der Waals surface area (Å²) in [5.74, 6) is -0.321. The Morgan fingerprint density at radius 1 is 0.875 bits per heavy atom. The predicted molar refractivity (Wildman–Crippen MR) is 96.1 cm³/mol. The number of hydrogen-bond acceptors (Lipinski definition) is 3. The summed E-state index contributed by atoms with van der Waals surface area (Å²) in [6.45, 7) is 0. The van der Waals surface area contributed by atoms with E-state index in [0.29, 0.717) is 5.56 Å². The number of esters is 1. The summed E-state index contributed by atoms with van der Waals surface area (Å²) in [7, 11) is 1.21. The van der Waals surface area contributed by atoms with E-state index < -0.39 is 0 Å². The molecule has 0 radical (unpaired) electrons. The van der Waals surface area contributed by atoms with Gasteiger partial charge in [-0.25, -0.2) is 4.79 Å². The average Bonchev–Trinajstić information content (AvgIpc) is 2.65. The molecule has 0 saturated heterocycles. The molecule has 1 aliphatic heterocycles. The van der Waals surface area contributed by atoms with Crippen LogP contribution in [0.4, 0.5) is 11.4 Å². The topological polar surface area (TPSA) is 38.3 Å². The zero-order chi connectivity index (χ0) is 16.5. The third-order valence-electron chi connectivity index (χ3n) is 3.98. The largest absolute Gasteiger partial charge is 0.465 e. The van der Waals surface area contributed by atoms with E-state index in [-0.39, 0.29) is 16.9 Å². The fourth-order valence-corrected chi connectivity index (χ4v) is 5.13. The van der Waals surface area contributed by atoms with Gasteiger partial charge in [0, 0.05) is 0 Å². The number of carbonyl (C=O) groups is 1. The Bertz CT molecular complexity index is 909. The third-order valence-corrected chi connectivity index (χ3v) is 6.31. The quantitative estimate of drug-likeness (QED) is 0.429. The standard InChI is InChI=1S/C20H16NO2S/c1-23-20(22)14-11-12-19-17(13-14)21-16-9-5-6-10-18(16)24(19)15-7-3-2-4-8-15/h2-13,21H,1H3/q+1. The lowest BCUT2D eigenvalue weighted by atomic mass is 10.2. The molecule has 24 heavy (non-hydrogen) atoms. The van der Waals surface area contributed by atoms with Crippen molar-refractivity contribution in [2.24, 2.45) is 0 Å². The highest BCUT2D eigenvalue weighted by Gasteiger charge is 2.37. The lowest BCUT2D eigenvalue weighted by molar-refractivity contribution is 0.0600. The minimum atomic E-state index is -0.321. The summed E-state index contributed by atoms with van der Waals surface area (Å²) in [4.78, 5) is 15.6. The van der Waals surface area contributed by atoms with Crippen LogP contribution in [0.1, 0.15) is 10.4 Å². The predicted octanol–water partition coefficient (Wildman–Crippen LogP) is 4.63. The Balaban J connectivity index is 1.90. The first-order valence-electron chi connectivity index (χ1n) is 7.65. The molecule has 0 spiro atoms. The molecule has 3 nitrogen and oxygen atoms in total. The molecule has 1 aliphatic rings. The third kappa shape index (κ3) is 2.45. The van der Waals surface area contributed by atoms with Crippen LogP contribution in [0.15, 0.2) is 87.5 Å². The molecule has 4 rings (SSSR count). The van der Waals surface area contributed by atoms with Crippen molar-refractivity contribution in [1.82, 2.24) is 0 Å². The molecule has 3 aromatic carbocycles. The van der Waals surface area contributed by atoms with Gasteiger partial charge in [0.2, 0.25) is 0 Å². The molecular formula is C20H16NO2S+. The zero-order valence-electron chi connectivity index (χ0n) is 13.2. The van der Waals surface area contributed by atoms with Gasteiger partial charge in [0.1, 0.15) is 10.9 Å². The summed E-state index contributed by atoms with van der Waals surface area (Å²) < 4.78 is 4.84. The van der Waals surface area contributed by atoms with Gasteiger partial charge in [-0.3, -0.25) is 0 Å². The Morgan fingerprint density at radius 3 is 2.38 bits per heavy atom. The van der Waals surface area contributed by atoms with Crippen LogP contribution in [0.25, 0.3) is 0 Å².